The zero-order valence-corrected chi connectivity index (χ0v) is 11.5. The lowest BCUT2D eigenvalue weighted by molar-refractivity contribution is 0.129. The van der Waals surface area contributed by atoms with E-state index in [0.717, 1.165) is 12.6 Å². The van der Waals surface area contributed by atoms with Gasteiger partial charge in [0, 0.05) is 24.1 Å². The van der Waals surface area contributed by atoms with E-state index in [-0.39, 0.29) is 0 Å². The van der Waals surface area contributed by atoms with Gasteiger partial charge in [0.15, 0.2) is 0 Å². The highest BCUT2D eigenvalue weighted by Gasteiger charge is 2.23. The number of nitrogens with zero attached hydrogens (tertiary/aromatic N) is 1. The van der Waals surface area contributed by atoms with Gasteiger partial charge in [0.05, 0.1) is 0 Å². The fourth-order valence-electron chi connectivity index (χ4n) is 2.69. The van der Waals surface area contributed by atoms with Crippen molar-refractivity contribution in [3.05, 3.63) is 22.4 Å². The smallest absolute Gasteiger partial charge is 0.0459 e. The molecule has 1 aromatic rings. The van der Waals surface area contributed by atoms with Crippen molar-refractivity contribution in [1.29, 1.82) is 0 Å². The Balaban J connectivity index is 1.71. The van der Waals surface area contributed by atoms with Crippen LogP contribution in [0.4, 0.5) is 0 Å². The molecule has 1 N–H and O–H groups in total. The highest BCUT2D eigenvalue weighted by molar-refractivity contribution is 7.09. The standard InChI is InChI=1S/C14H23NOS/c1-15(9-8-14-3-2-10-17-14)13-6-4-12(11-16)5-7-13/h2-3,10,12-13,16H,4-9,11H2,1H3. The third-order valence-corrected chi connectivity index (χ3v) is 4.93. The van der Waals surface area contributed by atoms with Crippen LogP contribution in [0, 0.1) is 5.92 Å². The molecule has 1 saturated carbocycles. The van der Waals surface area contributed by atoms with Crippen molar-refractivity contribution in [3.8, 4) is 0 Å². The topological polar surface area (TPSA) is 23.5 Å². The number of thiophene rings is 1. The molecule has 0 unspecified atom stereocenters. The number of hydrogen-bond donors (Lipinski definition) is 1. The first kappa shape index (κ1) is 13.1. The lowest BCUT2D eigenvalue weighted by Crippen LogP contribution is -2.36. The molecule has 3 heteroatoms. The minimum Gasteiger partial charge on any atom is -0.396 e. The summed E-state index contributed by atoms with van der Waals surface area (Å²) in [6.07, 6.45) is 6.08. The second-order valence-electron chi connectivity index (χ2n) is 5.17. The summed E-state index contributed by atoms with van der Waals surface area (Å²) >= 11 is 1.86. The maximum absolute atomic E-state index is 9.13. The molecule has 0 bridgehead atoms. The summed E-state index contributed by atoms with van der Waals surface area (Å²) in [5.74, 6) is 0.567. The molecule has 1 aromatic heterocycles. The van der Waals surface area contributed by atoms with E-state index < -0.39 is 0 Å². The van der Waals surface area contributed by atoms with Crippen LogP contribution in [-0.2, 0) is 6.42 Å². The summed E-state index contributed by atoms with van der Waals surface area (Å²) in [5, 5.41) is 11.3. The van der Waals surface area contributed by atoms with Crippen LogP contribution in [0.2, 0.25) is 0 Å². The van der Waals surface area contributed by atoms with E-state index in [1.807, 2.05) is 11.3 Å². The molecule has 2 nitrogen and oxygen atoms in total. The summed E-state index contributed by atoms with van der Waals surface area (Å²) in [5.41, 5.74) is 0. The van der Waals surface area contributed by atoms with Crippen LogP contribution in [0.3, 0.4) is 0 Å². The highest BCUT2D eigenvalue weighted by atomic mass is 32.1. The summed E-state index contributed by atoms with van der Waals surface area (Å²) < 4.78 is 0. The number of likely N-dealkylation sites (N-methyl/N-ethyl adjacent to an activating group) is 1. The van der Waals surface area contributed by atoms with Crippen molar-refractivity contribution < 1.29 is 5.11 Å². The number of rotatable bonds is 5. The number of hydrogen-bond acceptors (Lipinski definition) is 3. The first-order valence-corrected chi connectivity index (χ1v) is 7.51. The second kappa shape index (κ2) is 6.53. The fraction of sp³-hybridized carbons (Fsp3) is 0.714. The predicted molar refractivity (Wildman–Crippen MR) is 73.5 cm³/mol. The summed E-state index contributed by atoms with van der Waals surface area (Å²) in [7, 11) is 2.25. The summed E-state index contributed by atoms with van der Waals surface area (Å²) in [6, 6.07) is 5.09. The highest BCUT2D eigenvalue weighted by Crippen LogP contribution is 2.26. The van der Waals surface area contributed by atoms with E-state index in [4.69, 9.17) is 5.11 Å². The molecular formula is C14H23NOS. The SMILES string of the molecule is CN(CCc1cccs1)C1CCC(CO)CC1. The van der Waals surface area contributed by atoms with E-state index in [1.54, 1.807) is 0 Å². The number of aliphatic hydroxyl groups is 1. The maximum Gasteiger partial charge on any atom is 0.0459 e. The van der Waals surface area contributed by atoms with E-state index in [9.17, 15) is 0 Å². The predicted octanol–water partition coefficient (Wildman–Crippen LogP) is 2.77. The Labute approximate surface area is 108 Å². The third kappa shape index (κ3) is 3.80. The Kier molecular flexibility index (Phi) is 5.01. The molecule has 1 heterocycles. The van der Waals surface area contributed by atoms with Gasteiger partial charge >= 0.3 is 0 Å². The van der Waals surface area contributed by atoms with Gasteiger partial charge in [-0.15, -0.1) is 11.3 Å². The first-order chi connectivity index (χ1) is 8.29. The zero-order valence-electron chi connectivity index (χ0n) is 10.6. The molecule has 17 heavy (non-hydrogen) atoms. The quantitative estimate of drug-likeness (QED) is 0.872. The van der Waals surface area contributed by atoms with Gasteiger partial charge in [0.2, 0.25) is 0 Å². The van der Waals surface area contributed by atoms with Crippen molar-refractivity contribution in [2.45, 2.75) is 38.1 Å². The molecule has 96 valence electrons. The van der Waals surface area contributed by atoms with Gasteiger partial charge in [0.25, 0.3) is 0 Å². The molecule has 0 amide bonds. The third-order valence-electron chi connectivity index (χ3n) is 3.99. The zero-order chi connectivity index (χ0) is 12.1. The van der Waals surface area contributed by atoms with E-state index in [0.29, 0.717) is 12.5 Å². The Bertz CT molecular complexity index is 304. The maximum atomic E-state index is 9.13. The van der Waals surface area contributed by atoms with Crippen LogP contribution in [0.5, 0.6) is 0 Å². The summed E-state index contributed by atoms with van der Waals surface area (Å²) in [4.78, 5) is 3.99. The number of aliphatic hydroxyl groups excluding tert-OH is 1. The molecule has 1 fully saturated rings. The van der Waals surface area contributed by atoms with Gasteiger partial charge in [-0.2, -0.15) is 0 Å². The molecule has 0 atom stereocenters. The van der Waals surface area contributed by atoms with E-state index in [2.05, 4.69) is 29.5 Å². The van der Waals surface area contributed by atoms with Crippen LogP contribution in [0.1, 0.15) is 30.6 Å². The van der Waals surface area contributed by atoms with Gasteiger partial charge in [-0.3, -0.25) is 0 Å². The minimum absolute atomic E-state index is 0.381. The van der Waals surface area contributed by atoms with Crippen LogP contribution in [-0.4, -0.2) is 36.2 Å². The minimum atomic E-state index is 0.381. The van der Waals surface area contributed by atoms with Crippen molar-refractivity contribution >= 4 is 11.3 Å². The Morgan fingerprint density at radius 2 is 2.12 bits per heavy atom. The molecule has 0 aliphatic heterocycles. The summed E-state index contributed by atoms with van der Waals surface area (Å²) in [6.45, 7) is 1.54. The van der Waals surface area contributed by atoms with Crippen molar-refractivity contribution in [1.82, 2.24) is 4.90 Å². The fourth-order valence-corrected chi connectivity index (χ4v) is 3.39. The van der Waals surface area contributed by atoms with Crippen molar-refractivity contribution in [3.63, 3.8) is 0 Å². The molecule has 0 aromatic carbocycles. The molecule has 1 aliphatic carbocycles. The second-order valence-corrected chi connectivity index (χ2v) is 6.20. The van der Waals surface area contributed by atoms with Crippen LogP contribution < -0.4 is 0 Å². The molecule has 0 saturated heterocycles. The van der Waals surface area contributed by atoms with Crippen molar-refractivity contribution in [2.75, 3.05) is 20.2 Å². The van der Waals surface area contributed by atoms with Gasteiger partial charge in [-0.1, -0.05) is 6.07 Å². The lowest BCUT2D eigenvalue weighted by atomic mass is 9.86. The Hall–Kier alpha value is -0.380. The molecule has 2 rings (SSSR count). The molecule has 0 radical (unpaired) electrons. The first-order valence-electron chi connectivity index (χ1n) is 6.63. The van der Waals surface area contributed by atoms with Crippen LogP contribution in [0.15, 0.2) is 17.5 Å². The van der Waals surface area contributed by atoms with Gasteiger partial charge in [-0.25, -0.2) is 0 Å². The van der Waals surface area contributed by atoms with Crippen LogP contribution >= 0.6 is 11.3 Å². The van der Waals surface area contributed by atoms with Gasteiger partial charge in [0.1, 0.15) is 0 Å². The Morgan fingerprint density at radius 3 is 2.71 bits per heavy atom. The lowest BCUT2D eigenvalue weighted by Gasteiger charge is -2.34. The van der Waals surface area contributed by atoms with Gasteiger partial charge in [-0.05, 0) is 56.5 Å². The molecular weight excluding hydrogens is 230 g/mol. The van der Waals surface area contributed by atoms with Crippen LogP contribution in [0.25, 0.3) is 0 Å². The largest absolute Gasteiger partial charge is 0.396 e. The van der Waals surface area contributed by atoms with Crippen molar-refractivity contribution in [2.24, 2.45) is 5.92 Å². The van der Waals surface area contributed by atoms with Gasteiger partial charge < -0.3 is 10.0 Å². The monoisotopic (exact) mass is 253 g/mol. The normalized spacial score (nSPS) is 25.4. The molecule has 0 spiro atoms. The van der Waals surface area contributed by atoms with E-state index >= 15 is 0 Å². The molecule has 1 aliphatic rings. The average molecular weight is 253 g/mol. The average Bonchev–Trinajstić information content (AvgIpc) is 2.89. The Morgan fingerprint density at radius 1 is 1.35 bits per heavy atom. The van der Waals surface area contributed by atoms with E-state index in [1.165, 1.54) is 37.0 Å².